The fourth-order valence-corrected chi connectivity index (χ4v) is 4.16. The van der Waals surface area contributed by atoms with Crippen molar-refractivity contribution in [3.8, 4) is 0 Å². The summed E-state index contributed by atoms with van der Waals surface area (Å²) in [6.45, 7) is 5.21. The number of carbonyl (C=O) groups is 1. The molecule has 0 aliphatic heterocycles. The molecule has 0 saturated heterocycles. The largest absolute Gasteiger partial charge is 0.340 e. The molecule has 4 nitrogen and oxygen atoms in total. The predicted molar refractivity (Wildman–Crippen MR) is 109 cm³/mol. The molecule has 1 N–H and O–H groups in total. The van der Waals surface area contributed by atoms with Crippen LogP contribution in [0.2, 0.25) is 0 Å². The van der Waals surface area contributed by atoms with E-state index in [2.05, 4.69) is 4.98 Å². The third kappa shape index (κ3) is 4.36. The van der Waals surface area contributed by atoms with Gasteiger partial charge in [-0.05, 0) is 31.5 Å². The van der Waals surface area contributed by atoms with Crippen LogP contribution in [-0.4, -0.2) is 38.1 Å². The fourth-order valence-electron chi connectivity index (χ4n) is 3.13. The smallest absolute Gasteiger partial charge is 0.260 e. The number of amides is 1. The summed E-state index contributed by atoms with van der Waals surface area (Å²) in [5, 5.41) is 0.387. The third-order valence-electron chi connectivity index (χ3n) is 4.55. The first-order valence-electron chi connectivity index (χ1n) is 9.20. The number of thiazole rings is 1. The summed E-state index contributed by atoms with van der Waals surface area (Å²) in [7, 11) is 4.10. The van der Waals surface area contributed by atoms with E-state index in [-0.39, 0.29) is 11.4 Å². The zero-order valence-electron chi connectivity index (χ0n) is 16.5. The first-order chi connectivity index (χ1) is 13.3. The number of anilines is 1. The Hall–Kier alpha value is -2.38. The van der Waals surface area contributed by atoms with Gasteiger partial charge < -0.3 is 4.90 Å². The lowest BCUT2D eigenvalue weighted by molar-refractivity contribution is -0.858. The number of aryl methyl sites for hydroxylation is 2. The summed E-state index contributed by atoms with van der Waals surface area (Å²) in [5.41, 5.74) is 2.65. The molecule has 0 bridgehead atoms. The summed E-state index contributed by atoms with van der Waals surface area (Å²) in [4.78, 5) is 20.5. The minimum absolute atomic E-state index is 0.0954. The summed E-state index contributed by atoms with van der Waals surface area (Å²) < 4.78 is 28.1. The van der Waals surface area contributed by atoms with Gasteiger partial charge in [-0.25, -0.2) is 13.8 Å². The molecular formula is C21H24F2N3OS+. The van der Waals surface area contributed by atoms with Crippen LogP contribution < -0.4 is 9.80 Å². The third-order valence-corrected chi connectivity index (χ3v) is 5.57. The monoisotopic (exact) mass is 404 g/mol. The van der Waals surface area contributed by atoms with Gasteiger partial charge in [0, 0.05) is 24.6 Å². The molecule has 0 aliphatic carbocycles. The van der Waals surface area contributed by atoms with Gasteiger partial charge in [-0.3, -0.25) is 9.69 Å². The van der Waals surface area contributed by atoms with E-state index >= 15 is 0 Å². The molecule has 0 aliphatic rings. The maximum atomic E-state index is 14.1. The van der Waals surface area contributed by atoms with Gasteiger partial charge in [-0.1, -0.05) is 29.0 Å². The zero-order chi connectivity index (χ0) is 20.4. The van der Waals surface area contributed by atoms with Crippen molar-refractivity contribution in [1.29, 1.82) is 0 Å². The van der Waals surface area contributed by atoms with E-state index in [0.29, 0.717) is 21.9 Å². The van der Waals surface area contributed by atoms with E-state index in [1.165, 1.54) is 11.0 Å². The molecule has 0 atom stereocenters. The molecule has 0 radical (unpaired) electrons. The summed E-state index contributed by atoms with van der Waals surface area (Å²) >= 11 is 1.13. The minimum Gasteiger partial charge on any atom is -0.340 e. The van der Waals surface area contributed by atoms with Crippen LogP contribution in [0.25, 0.3) is 10.2 Å². The topological polar surface area (TPSA) is 37.6 Å². The number of quaternary nitrogens is 1. The minimum atomic E-state index is -0.714. The Morgan fingerprint density at radius 2 is 1.93 bits per heavy atom. The molecule has 0 fully saturated rings. The Morgan fingerprint density at radius 1 is 1.18 bits per heavy atom. The predicted octanol–water partition coefficient (Wildman–Crippen LogP) is 3.37. The van der Waals surface area contributed by atoms with Gasteiger partial charge in [0.2, 0.25) is 0 Å². The van der Waals surface area contributed by atoms with Crippen LogP contribution in [0.4, 0.5) is 13.9 Å². The van der Waals surface area contributed by atoms with Crippen LogP contribution in [0.1, 0.15) is 27.9 Å². The lowest BCUT2D eigenvalue weighted by Crippen LogP contribution is -3.05. The number of halogens is 2. The number of benzene rings is 2. The second-order valence-electron chi connectivity index (χ2n) is 7.32. The van der Waals surface area contributed by atoms with Gasteiger partial charge in [0.1, 0.15) is 11.3 Å². The lowest BCUT2D eigenvalue weighted by atomic mass is 10.0. The van der Waals surface area contributed by atoms with Crippen molar-refractivity contribution in [3.05, 3.63) is 58.7 Å². The summed E-state index contributed by atoms with van der Waals surface area (Å²) in [6, 6.07) is 7.74. The van der Waals surface area contributed by atoms with Crippen LogP contribution in [-0.2, 0) is 0 Å². The number of aromatic nitrogens is 1. The van der Waals surface area contributed by atoms with Crippen LogP contribution in [0, 0.1) is 25.5 Å². The normalized spacial score (nSPS) is 11.4. The Morgan fingerprint density at radius 3 is 2.61 bits per heavy atom. The highest BCUT2D eigenvalue weighted by molar-refractivity contribution is 7.22. The zero-order valence-corrected chi connectivity index (χ0v) is 17.3. The van der Waals surface area contributed by atoms with E-state index in [1.807, 2.05) is 46.1 Å². The number of nitrogens with one attached hydrogen (secondary N) is 1. The molecule has 3 rings (SSSR count). The van der Waals surface area contributed by atoms with Crippen LogP contribution in [0.15, 0.2) is 30.3 Å². The molecule has 7 heteroatoms. The Kier molecular flexibility index (Phi) is 6.05. The van der Waals surface area contributed by atoms with Gasteiger partial charge in [0.15, 0.2) is 10.9 Å². The average Bonchev–Trinajstić information content (AvgIpc) is 3.02. The van der Waals surface area contributed by atoms with Gasteiger partial charge in [-0.2, -0.15) is 0 Å². The molecule has 28 heavy (non-hydrogen) atoms. The second kappa shape index (κ2) is 8.32. The molecule has 0 unspecified atom stereocenters. The fraction of sp³-hybridized carbons (Fsp3) is 0.333. The van der Waals surface area contributed by atoms with E-state index in [4.69, 9.17) is 0 Å². The van der Waals surface area contributed by atoms with Gasteiger partial charge in [-0.15, -0.1) is 0 Å². The van der Waals surface area contributed by atoms with Crippen molar-refractivity contribution in [1.82, 2.24) is 4.98 Å². The van der Waals surface area contributed by atoms with Crippen molar-refractivity contribution in [3.63, 3.8) is 0 Å². The quantitative estimate of drug-likeness (QED) is 0.684. The number of rotatable bonds is 6. The SMILES string of the molecule is Cc1ccc(C(=O)N(CCC[NH+](C)C)c2nc3c(F)cc(F)cc3s2)c(C)c1. The Labute approximate surface area is 167 Å². The number of hydrogen-bond acceptors (Lipinski definition) is 3. The number of carbonyl (C=O) groups excluding carboxylic acids is 1. The second-order valence-corrected chi connectivity index (χ2v) is 8.33. The molecule has 3 aromatic rings. The first-order valence-corrected chi connectivity index (χ1v) is 10.0. The van der Waals surface area contributed by atoms with Crippen molar-refractivity contribution in [2.24, 2.45) is 0 Å². The molecule has 1 heterocycles. The molecule has 1 amide bonds. The lowest BCUT2D eigenvalue weighted by Gasteiger charge is -2.21. The van der Waals surface area contributed by atoms with E-state index in [0.717, 1.165) is 41.5 Å². The van der Waals surface area contributed by atoms with Crippen LogP contribution in [0.5, 0.6) is 0 Å². The molecule has 2 aromatic carbocycles. The van der Waals surface area contributed by atoms with Crippen LogP contribution in [0.3, 0.4) is 0 Å². The highest BCUT2D eigenvalue weighted by atomic mass is 32.1. The summed E-state index contributed by atoms with van der Waals surface area (Å²) in [5.74, 6) is -1.54. The molecule has 0 saturated carbocycles. The number of hydrogen-bond donors (Lipinski definition) is 1. The van der Waals surface area contributed by atoms with Crippen molar-refractivity contribution >= 4 is 32.6 Å². The highest BCUT2D eigenvalue weighted by Gasteiger charge is 2.23. The average molecular weight is 405 g/mol. The Balaban J connectivity index is 2.01. The van der Waals surface area contributed by atoms with Gasteiger partial charge in [0.05, 0.1) is 25.3 Å². The highest BCUT2D eigenvalue weighted by Crippen LogP contribution is 2.32. The Bertz CT molecular complexity index is 1020. The first kappa shape index (κ1) is 20.4. The van der Waals surface area contributed by atoms with E-state index in [9.17, 15) is 13.6 Å². The van der Waals surface area contributed by atoms with Gasteiger partial charge >= 0.3 is 0 Å². The molecule has 1 aromatic heterocycles. The summed E-state index contributed by atoms with van der Waals surface area (Å²) in [6.07, 6.45) is 0.770. The van der Waals surface area contributed by atoms with E-state index in [1.54, 1.807) is 4.90 Å². The van der Waals surface area contributed by atoms with Gasteiger partial charge in [0.25, 0.3) is 5.91 Å². The number of nitrogens with zero attached hydrogens (tertiary/aromatic N) is 2. The van der Waals surface area contributed by atoms with Crippen molar-refractivity contribution in [2.75, 3.05) is 32.1 Å². The van der Waals surface area contributed by atoms with Crippen LogP contribution >= 0.6 is 11.3 Å². The molecular weight excluding hydrogens is 380 g/mol. The van der Waals surface area contributed by atoms with E-state index < -0.39 is 11.6 Å². The molecule has 148 valence electrons. The van der Waals surface area contributed by atoms with Crippen molar-refractivity contribution in [2.45, 2.75) is 20.3 Å². The standard InChI is InChI=1S/C21H23F2N3OS/c1-13-6-7-16(14(2)10-13)20(27)26(9-5-8-25(3)4)21-24-19-17(23)11-15(22)12-18(19)28-21/h6-7,10-12H,5,8-9H2,1-4H3/p+1. The van der Waals surface area contributed by atoms with Crippen molar-refractivity contribution < 1.29 is 18.5 Å². The number of fused-ring (bicyclic) bond motifs is 1. The maximum absolute atomic E-state index is 14.1. The molecule has 0 spiro atoms. The maximum Gasteiger partial charge on any atom is 0.260 e.